The maximum absolute atomic E-state index is 12.8. The molecule has 1 N–H and O–H groups in total. The zero-order chi connectivity index (χ0) is 19.0. The molecule has 5 nitrogen and oxygen atoms in total. The molecule has 1 rings (SSSR count). The smallest absolute Gasteiger partial charge is 0.256 e. The highest BCUT2D eigenvalue weighted by Gasteiger charge is 2.35. The van der Waals surface area contributed by atoms with Gasteiger partial charge in [0.05, 0.1) is 17.9 Å². The van der Waals surface area contributed by atoms with Crippen LogP contribution >= 0.6 is 0 Å². The molecule has 0 radical (unpaired) electrons. The summed E-state index contributed by atoms with van der Waals surface area (Å²) in [6.07, 6.45) is 0.601. The number of hydrogen-bond donors (Lipinski definition) is 1. The summed E-state index contributed by atoms with van der Waals surface area (Å²) in [6, 6.07) is 7.23. The predicted molar refractivity (Wildman–Crippen MR) is 99.6 cm³/mol. The van der Waals surface area contributed by atoms with Crippen LogP contribution in [0.3, 0.4) is 0 Å². The molecule has 1 amide bonds. The standard InChI is InChI=1S/C20H30N2O3/c1-7-25-20(6,11-14(2)3)19(23)22-18-9-8-17(10-16(18)12-21)24-13-15(4)5/h8-10,14-15H,7,11,13H2,1-6H3,(H,22,23)/t20-/m0/s1. The molecule has 0 fully saturated rings. The van der Waals surface area contributed by atoms with Crippen LogP contribution in [0.25, 0.3) is 0 Å². The minimum Gasteiger partial charge on any atom is -0.493 e. The van der Waals surface area contributed by atoms with Crippen molar-refractivity contribution in [2.45, 2.75) is 53.6 Å². The van der Waals surface area contributed by atoms with Gasteiger partial charge in [0.2, 0.25) is 0 Å². The van der Waals surface area contributed by atoms with Crippen LogP contribution in [-0.2, 0) is 9.53 Å². The molecule has 25 heavy (non-hydrogen) atoms. The first kappa shape index (κ1) is 21.0. The van der Waals surface area contributed by atoms with Crippen LogP contribution in [0.15, 0.2) is 18.2 Å². The van der Waals surface area contributed by atoms with E-state index < -0.39 is 5.60 Å². The summed E-state index contributed by atoms with van der Waals surface area (Å²) in [5.74, 6) is 1.09. The third-order valence-electron chi connectivity index (χ3n) is 3.68. The van der Waals surface area contributed by atoms with Crippen molar-refractivity contribution in [2.24, 2.45) is 11.8 Å². The number of rotatable bonds is 9. The first-order chi connectivity index (χ1) is 11.7. The van der Waals surface area contributed by atoms with Crippen molar-refractivity contribution in [3.8, 4) is 11.8 Å². The van der Waals surface area contributed by atoms with E-state index in [1.54, 1.807) is 25.1 Å². The zero-order valence-electron chi connectivity index (χ0n) is 16.2. The molecule has 0 aromatic heterocycles. The molecule has 0 aliphatic carbocycles. The largest absolute Gasteiger partial charge is 0.493 e. The van der Waals surface area contributed by atoms with Crippen LogP contribution in [0.1, 0.15) is 53.5 Å². The summed E-state index contributed by atoms with van der Waals surface area (Å²) in [5.41, 5.74) is -0.0836. The van der Waals surface area contributed by atoms with Crippen LogP contribution in [0, 0.1) is 23.2 Å². The fourth-order valence-electron chi connectivity index (χ4n) is 2.65. The Hall–Kier alpha value is -2.06. The molecule has 0 unspecified atom stereocenters. The van der Waals surface area contributed by atoms with Gasteiger partial charge in [-0.15, -0.1) is 0 Å². The number of nitrogens with zero attached hydrogens (tertiary/aromatic N) is 1. The molecule has 1 atom stereocenters. The molecule has 0 bridgehead atoms. The number of amides is 1. The molecule has 5 heteroatoms. The molecule has 0 spiro atoms. The highest BCUT2D eigenvalue weighted by Crippen LogP contribution is 2.26. The maximum atomic E-state index is 12.8. The van der Waals surface area contributed by atoms with Crippen molar-refractivity contribution in [2.75, 3.05) is 18.5 Å². The van der Waals surface area contributed by atoms with E-state index >= 15 is 0 Å². The lowest BCUT2D eigenvalue weighted by Gasteiger charge is -2.30. The molecular weight excluding hydrogens is 316 g/mol. The van der Waals surface area contributed by atoms with Crippen molar-refractivity contribution < 1.29 is 14.3 Å². The van der Waals surface area contributed by atoms with Gasteiger partial charge in [0, 0.05) is 6.61 Å². The van der Waals surface area contributed by atoms with Gasteiger partial charge in [-0.1, -0.05) is 27.7 Å². The van der Waals surface area contributed by atoms with Crippen molar-refractivity contribution >= 4 is 11.6 Å². The second kappa shape index (κ2) is 9.43. The Kier molecular flexibility index (Phi) is 7.92. The summed E-state index contributed by atoms with van der Waals surface area (Å²) in [5, 5.41) is 12.2. The second-order valence-electron chi connectivity index (χ2n) is 7.24. The molecule has 1 aromatic rings. The van der Waals surface area contributed by atoms with Gasteiger partial charge < -0.3 is 14.8 Å². The van der Waals surface area contributed by atoms with E-state index in [1.807, 2.05) is 20.8 Å². The van der Waals surface area contributed by atoms with E-state index in [2.05, 4.69) is 25.2 Å². The van der Waals surface area contributed by atoms with Crippen molar-refractivity contribution in [3.05, 3.63) is 23.8 Å². The maximum Gasteiger partial charge on any atom is 0.256 e. The van der Waals surface area contributed by atoms with Gasteiger partial charge in [0.25, 0.3) is 5.91 Å². The Morgan fingerprint density at radius 3 is 2.48 bits per heavy atom. The van der Waals surface area contributed by atoms with Gasteiger partial charge in [0.15, 0.2) is 0 Å². The van der Waals surface area contributed by atoms with Gasteiger partial charge in [-0.05, 0) is 50.3 Å². The van der Waals surface area contributed by atoms with Gasteiger partial charge in [-0.2, -0.15) is 5.26 Å². The minimum atomic E-state index is -0.928. The lowest BCUT2D eigenvalue weighted by atomic mass is 9.93. The summed E-state index contributed by atoms with van der Waals surface area (Å²) < 4.78 is 11.4. The van der Waals surface area contributed by atoms with Gasteiger partial charge in [-0.25, -0.2) is 0 Å². The Bertz CT molecular complexity index is 620. The first-order valence-corrected chi connectivity index (χ1v) is 8.84. The second-order valence-corrected chi connectivity index (χ2v) is 7.24. The summed E-state index contributed by atoms with van der Waals surface area (Å²) in [7, 11) is 0. The van der Waals surface area contributed by atoms with Crippen LogP contribution in [0.5, 0.6) is 5.75 Å². The van der Waals surface area contributed by atoms with Crippen LogP contribution < -0.4 is 10.1 Å². The Morgan fingerprint density at radius 2 is 1.96 bits per heavy atom. The summed E-state index contributed by atoms with van der Waals surface area (Å²) in [6.45, 7) is 12.9. The highest BCUT2D eigenvalue weighted by molar-refractivity contribution is 5.98. The average Bonchev–Trinajstić information content (AvgIpc) is 2.53. The quantitative estimate of drug-likeness (QED) is 0.720. The third-order valence-corrected chi connectivity index (χ3v) is 3.68. The number of anilines is 1. The number of carbonyl (C=O) groups is 1. The SMILES string of the molecule is CCO[C@@](C)(CC(C)C)C(=O)Nc1ccc(OCC(C)C)cc1C#N. The fourth-order valence-corrected chi connectivity index (χ4v) is 2.65. The molecule has 1 aromatic carbocycles. The minimum absolute atomic E-state index is 0.240. The van der Waals surface area contributed by atoms with E-state index in [4.69, 9.17) is 9.47 Å². The monoisotopic (exact) mass is 346 g/mol. The topological polar surface area (TPSA) is 71.3 Å². The third kappa shape index (κ3) is 6.39. The Morgan fingerprint density at radius 1 is 1.28 bits per heavy atom. The average molecular weight is 346 g/mol. The Balaban J connectivity index is 2.96. The van der Waals surface area contributed by atoms with E-state index in [-0.39, 0.29) is 5.91 Å². The predicted octanol–water partition coefficient (Wildman–Crippen LogP) is 4.37. The molecular formula is C20H30N2O3. The normalized spacial score (nSPS) is 13.4. The molecule has 0 aliphatic rings. The van der Waals surface area contributed by atoms with E-state index in [1.165, 1.54) is 0 Å². The molecule has 0 aliphatic heterocycles. The van der Waals surface area contributed by atoms with Crippen molar-refractivity contribution in [3.63, 3.8) is 0 Å². The number of nitriles is 1. The fraction of sp³-hybridized carbons (Fsp3) is 0.600. The number of carbonyl (C=O) groups excluding carboxylic acids is 1. The Labute approximate surface area is 151 Å². The van der Waals surface area contributed by atoms with Crippen LogP contribution in [0.2, 0.25) is 0 Å². The summed E-state index contributed by atoms with van der Waals surface area (Å²) in [4.78, 5) is 12.8. The lowest BCUT2D eigenvalue weighted by Crippen LogP contribution is -2.44. The van der Waals surface area contributed by atoms with Crippen LogP contribution in [-0.4, -0.2) is 24.7 Å². The molecule has 0 saturated heterocycles. The van der Waals surface area contributed by atoms with Gasteiger partial charge >= 0.3 is 0 Å². The number of ether oxygens (including phenoxy) is 2. The number of hydrogen-bond acceptors (Lipinski definition) is 4. The van der Waals surface area contributed by atoms with Crippen LogP contribution in [0.4, 0.5) is 5.69 Å². The van der Waals surface area contributed by atoms with Gasteiger partial charge in [0.1, 0.15) is 17.4 Å². The number of nitrogens with one attached hydrogen (secondary N) is 1. The van der Waals surface area contributed by atoms with Gasteiger partial charge in [-0.3, -0.25) is 4.79 Å². The zero-order valence-corrected chi connectivity index (χ0v) is 16.2. The van der Waals surface area contributed by atoms with Crippen molar-refractivity contribution in [1.82, 2.24) is 0 Å². The molecule has 0 saturated carbocycles. The van der Waals surface area contributed by atoms with E-state index in [0.29, 0.717) is 48.5 Å². The van der Waals surface area contributed by atoms with E-state index in [0.717, 1.165) is 0 Å². The summed E-state index contributed by atoms with van der Waals surface area (Å²) >= 11 is 0. The highest BCUT2D eigenvalue weighted by atomic mass is 16.5. The van der Waals surface area contributed by atoms with E-state index in [9.17, 15) is 10.1 Å². The number of benzene rings is 1. The molecule has 138 valence electrons. The lowest BCUT2D eigenvalue weighted by molar-refractivity contribution is -0.140. The molecule has 0 heterocycles. The first-order valence-electron chi connectivity index (χ1n) is 8.84. The van der Waals surface area contributed by atoms with Crippen molar-refractivity contribution in [1.29, 1.82) is 5.26 Å².